The summed E-state index contributed by atoms with van der Waals surface area (Å²) in [4.78, 5) is 10.2. The predicted octanol–water partition coefficient (Wildman–Crippen LogP) is 1.85. The lowest BCUT2D eigenvalue weighted by atomic mass is 10.1. The van der Waals surface area contributed by atoms with E-state index in [1.54, 1.807) is 0 Å². The summed E-state index contributed by atoms with van der Waals surface area (Å²) < 4.78 is 50.0. The fourth-order valence-corrected chi connectivity index (χ4v) is 1.13. The highest BCUT2D eigenvalue weighted by Gasteiger charge is 2.21. The molecule has 0 amide bonds. The Kier molecular flexibility index (Phi) is 3.83. The van der Waals surface area contributed by atoms with Crippen LogP contribution in [0.15, 0.2) is 12.1 Å². The average molecular weight is 237 g/mol. The van der Waals surface area contributed by atoms with E-state index in [9.17, 15) is 22.5 Å². The third-order valence-electron chi connectivity index (χ3n) is 1.98. The van der Waals surface area contributed by atoms with Crippen LogP contribution in [-0.4, -0.2) is 22.8 Å². The normalized spacial score (nSPS) is 12.8. The van der Waals surface area contributed by atoms with Gasteiger partial charge in [-0.15, -0.1) is 8.96 Å². The molecule has 1 rings (SSSR count). The summed E-state index contributed by atoms with van der Waals surface area (Å²) in [5.41, 5.74) is -0.410. The highest BCUT2D eigenvalue weighted by Crippen LogP contribution is 2.22. The van der Waals surface area contributed by atoms with Gasteiger partial charge in [0.1, 0.15) is 12.3 Å². The van der Waals surface area contributed by atoms with Gasteiger partial charge in [-0.25, -0.2) is 4.39 Å². The van der Waals surface area contributed by atoms with Crippen molar-refractivity contribution in [3.8, 4) is 5.75 Å². The number of aromatic hydroxyl groups is 1. The molecule has 1 atom stereocenters. The molecule has 0 saturated heterocycles. The lowest BCUT2D eigenvalue weighted by molar-refractivity contribution is -0.184. The molecule has 1 aromatic carbocycles. The minimum atomic E-state index is -1.85. The monoisotopic (exact) mass is 237 g/mol. The van der Waals surface area contributed by atoms with E-state index in [1.807, 2.05) is 0 Å². The highest BCUT2D eigenvalue weighted by molar-refractivity contribution is 5.58. The number of nitrogens with zero attached hydrogens (tertiary/aromatic N) is 1. The van der Waals surface area contributed by atoms with Gasteiger partial charge in [-0.1, -0.05) is 6.07 Å². The summed E-state index contributed by atoms with van der Waals surface area (Å²) in [6.07, 6.45) is -0.760. The van der Waals surface area contributed by atoms with Gasteiger partial charge in [0.05, 0.1) is 0 Å². The number of hydrogen-bond acceptors (Lipinski definition) is 3. The number of rotatable bonds is 4. The predicted molar refractivity (Wildman–Crippen MR) is 45.6 cm³/mol. The second-order valence-corrected chi connectivity index (χ2v) is 3.04. The van der Waals surface area contributed by atoms with E-state index in [-0.39, 0.29) is 6.29 Å². The summed E-state index contributed by atoms with van der Waals surface area (Å²) in [6.45, 7) is 0. The first-order valence-corrected chi connectivity index (χ1v) is 4.19. The first kappa shape index (κ1) is 12.4. The third-order valence-corrected chi connectivity index (χ3v) is 1.98. The van der Waals surface area contributed by atoms with Crippen molar-refractivity contribution in [2.45, 2.75) is 12.5 Å². The quantitative estimate of drug-likeness (QED) is 0.493. The van der Waals surface area contributed by atoms with E-state index < -0.39 is 40.8 Å². The van der Waals surface area contributed by atoms with Gasteiger partial charge in [0.25, 0.3) is 0 Å². The number of phenols is 1. The third kappa shape index (κ3) is 2.48. The zero-order chi connectivity index (χ0) is 12.3. The molecule has 1 unspecified atom stereocenters. The molecular formula is C9H7F4NO2. The SMILES string of the molecule is O=CC(Cc1ccc(O)c(F)c1F)N(F)F. The van der Waals surface area contributed by atoms with Crippen molar-refractivity contribution in [3.63, 3.8) is 0 Å². The topological polar surface area (TPSA) is 40.5 Å². The van der Waals surface area contributed by atoms with Crippen LogP contribution in [0.4, 0.5) is 17.7 Å². The summed E-state index contributed by atoms with van der Waals surface area (Å²) >= 11 is 0. The Morgan fingerprint density at radius 2 is 1.94 bits per heavy atom. The average Bonchev–Trinajstić information content (AvgIpc) is 2.25. The van der Waals surface area contributed by atoms with Crippen LogP contribution in [0.1, 0.15) is 5.56 Å². The van der Waals surface area contributed by atoms with E-state index in [1.165, 1.54) is 0 Å². The zero-order valence-electron chi connectivity index (χ0n) is 7.83. The molecule has 0 radical (unpaired) electrons. The molecule has 0 aliphatic carbocycles. The summed E-state index contributed by atoms with van der Waals surface area (Å²) in [6, 6.07) is -0.0806. The highest BCUT2D eigenvalue weighted by atomic mass is 19.4. The molecule has 0 aliphatic heterocycles. The summed E-state index contributed by atoms with van der Waals surface area (Å²) in [7, 11) is 0. The van der Waals surface area contributed by atoms with Gasteiger partial charge in [0, 0.05) is 11.8 Å². The maximum absolute atomic E-state index is 13.1. The van der Waals surface area contributed by atoms with Gasteiger partial charge < -0.3 is 9.90 Å². The molecule has 0 aliphatic rings. The molecule has 3 nitrogen and oxygen atoms in total. The largest absolute Gasteiger partial charge is 0.505 e. The smallest absolute Gasteiger partial charge is 0.200 e. The Morgan fingerprint density at radius 3 is 2.44 bits per heavy atom. The maximum Gasteiger partial charge on any atom is 0.200 e. The standard InChI is InChI=1S/C9H7F4NO2/c10-8-5(1-2-7(16)9(8)11)3-6(4-15)14(12)13/h1-2,4,6,16H,3H2. The van der Waals surface area contributed by atoms with Crippen LogP contribution < -0.4 is 0 Å². The van der Waals surface area contributed by atoms with Crippen LogP contribution in [0.2, 0.25) is 0 Å². The van der Waals surface area contributed by atoms with Crippen molar-refractivity contribution in [2.24, 2.45) is 0 Å². The van der Waals surface area contributed by atoms with Crippen molar-refractivity contribution in [2.75, 3.05) is 0 Å². The second-order valence-electron chi connectivity index (χ2n) is 3.04. The van der Waals surface area contributed by atoms with E-state index in [0.717, 1.165) is 12.1 Å². The number of carbonyl (C=O) groups excluding carboxylic acids is 1. The summed E-state index contributed by atoms with van der Waals surface area (Å²) in [5.74, 6) is -3.87. The Balaban J connectivity index is 2.97. The van der Waals surface area contributed by atoms with E-state index in [0.29, 0.717) is 0 Å². The van der Waals surface area contributed by atoms with E-state index in [2.05, 4.69) is 0 Å². The lowest BCUT2D eigenvalue weighted by Crippen LogP contribution is -2.25. The number of carbonyl (C=O) groups is 1. The molecular weight excluding hydrogens is 230 g/mol. The minimum absolute atomic E-state index is 0.0792. The van der Waals surface area contributed by atoms with Crippen LogP contribution in [0, 0.1) is 11.6 Å². The molecule has 0 spiro atoms. The minimum Gasteiger partial charge on any atom is -0.505 e. The van der Waals surface area contributed by atoms with Gasteiger partial charge in [-0.2, -0.15) is 4.39 Å². The second kappa shape index (κ2) is 4.93. The molecule has 0 bridgehead atoms. The molecule has 88 valence electrons. The van der Waals surface area contributed by atoms with Crippen LogP contribution in [0.5, 0.6) is 5.75 Å². The molecule has 0 fully saturated rings. The molecule has 16 heavy (non-hydrogen) atoms. The molecule has 1 N–H and O–H groups in total. The molecule has 0 heterocycles. The van der Waals surface area contributed by atoms with Crippen LogP contribution in [0.25, 0.3) is 0 Å². The summed E-state index contributed by atoms with van der Waals surface area (Å²) in [5, 5.41) is 7.39. The van der Waals surface area contributed by atoms with Crippen molar-refractivity contribution < 1.29 is 27.6 Å². The number of phenolic OH excluding ortho intramolecular Hbond substituents is 1. The molecule has 1 aromatic rings. The Hall–Kier alpha value is -1.63. The number of hydrogen-bond donors (Lipinski definition) is 1. The van der Waals surface area contributed by atoms with Crippen LogP contribution in [-0.2, 0) is 11.2 Å². The van der Waals surface area contributed by atoms with Crippen molar-refractivity contribution >= 4 is 6.29 Å². The zero-order valence-corrected chi connectivity index (χ0v) is 7.83. The Bertz CT molecular complexity index is 397. The Morgan fingerprint density at radius 1 is 1.31 bits per heavy atom. The first-order valence-electron chi connectivity index (χ1n) is 4.19. The molecule has 0 aromatic heterocycles. The lowest BCUT2D eigenvalue weighted by Gasteiger charge is -2.11. The van der Waals surface area contributed by atoms with Crippen LogP contribution in [0.3, 0.4) is 0 Å². The van der Waals surface area contributed by atoms with Crippen molar-refractivity contribution in [3.05, 3.63) is 29.3 Å². The van der Waals surface area contributed by atoms with Crippen LogP contribution >= 0.6 is 0 Å². The van der Waals surface area contributed by atoms with Crippen molar-refractivity contribution in [1.82, 2.24) is 5.34 Å². The molecule has 0 saturated carbocycles. The number of benzene rings is 1. The van der Waals surface area contributed by atoms with Gasteiger partial charge in [0.2, 0.25) is 5.82 Å². The fraction of sp³-hybridized carbons (Fsp3) is 0.222. The van der Waals surface area contributed by atoms with E-state index >= 15 is 0 Å². The van der Waals surface area contributed by atoms with Crippen molar-refractivity contribution in [1.29, 1.82) is 0 Å². The van der Waals surface area contributed by atoms with E-state index in [4.69, 9.17) is 5.11 Å². The Labute approximate surface area is 87.8 Å². The first-order chi connectivity index (χ1) is 7.47. The van der Waals surface area contributed by atoms with Gasteiger partial charge in [-0.05, 0) is 11.6 Å². The van der Waals surface area contributed by atoms with Gasteiger partial charge in [-0.3, -0.25) is 0 Å². The number of aldehydes is 1. The number of halogens is 4. The molecule has 7 heteroatoms. The fourth-order valence-electron chi connectivity index (χ4n) is 1.13. The van der Waals surface area contributed by atoms with Gasteiger partial charge >= 0.3 is 0 Å². The maximum atomic E-state index is 13.1. The van der Waals surface area contributed by atoms with Gasteiger partial charge in [0.15, 0.2) is 11.6 Å².